The van der Waals surface area contributed by atoms with Crippen LogP contribution in [0.3, 0.4) is 0 Å². The molecule has 1 aromatic rings. The van der Waals surface area contributed by atoms with Crippen LogP contribution in [0.4, 0.5) is 0 Å². The van der Waals surface area contributed by atoms with Crippen molar-refractivity contribution >= 4 is 29.5 Å². The maximum Gasteiger partial charge on any atom is 0.306 e. The molecule has 0 aromatic heterocycles. The molecule has 2 amide bonds. The summed E-state index contributed by atoms with van der Waals surface area (Å²) in [6.07, 6.45) is 0.365. The molecule has 0 heterocycles. The third-order valence-electron chi connectivity index (χ3n) is 2.64. The van der Waals surface area contributed by atoms with Crippen molar-refractivity contribution in [3.8, 4) is 0 Å². The maximum absolute atomic E-state index is 11.8. The third kappa shape index (κ3) is 6.31. The van der Waals surface area contributed by atoms with E-state index in [1.54, 1.807) is 23.9 Å². The first-order valence-corrected chi connectivity index (χ1v) is 7.52. The number of methoxy groups -OCH3 is 1. The van der Waals surface area contributed by atoms with Crippen LogP contribution in [0.5, 0.6) is 0 Å². The van der Waals surface area contributed by atoms with Crippen molar-refractivity contribution < 1.29 is 19.1 Å². The molecule has 7 heteroatoms. The summed E-state index contributed by atoms with van der Waals surface area (Å²) in [4.78, 5) is 33.6. The number of primary amides is 1. The van der Waals surface area contributed by atoms with Crippen LogP contribution < -0.4 is 11.1 Å². The van der Waals surface area contributed by atoms with Gasteiger partial charge in [-0.15, -0.1) is 0 Å². The molecule has 0 bridgehead atoms. The van der Waals surface area contributed by atoms with Gasteiger partial charge in [0.2, 0.25) is 5.91 Å². The van der Waals surface area contributed by atoms with Gasteiger partial charge in [-0.3, -0.25) is 14.4 Å². The average molecular weight is 310 g/mol. The van der Waals surface area contributed by atoms with Crippen molar-refractivity contribution in [3.05, 3.63) is 35.4 Å². The zero-order valence-electron chi connectivity index (χ0n) is 11.8. The van der Waals surface area contributed by atoms with Crippen molar-refractivity contribution in [3.63, 3.8) is 0 Å². The van der Waals surface area contributed by atoms with Gasteiger partial charge in [0.05, 0.1) is 13.5 Å². The molecule has 0 aliphatic heterocycles. The van der Waals surface area contributed by atoms with Gasteiger partial charge in [0.15, 0.2) is 0 Å². The summed E-state index contributed by atoms with van der Waals surface area (Å²) in [7, 11) is 1.36. The highest BCUT2D eigenvalue weighted by molar-refractivity contribution is 7.99. The lowest BCUT2D eigenvalue weighted by Crippen LogP contribution is -2.26. The molecular weight excluding hydrogens is 292 g/mol. The summed E-state index contributed by atoms with van der Waals surface area (Å²) in [5, 5.41) is 2.76. The Bertz CT molecular complexity index is 502. The van der Waals surface area contributed by atoms with Gasteiger partial charge in [-0.05, 0) is 24.3 Å². The Hall–Kier alpha value is -2.02. The Balaban J connectivity index is 2.24. The Morgan fingerprint density at radius 3 is 2.33 bits per heavy atom. The van der Waals surface area contributed by atoms with Crippen LogP contribution in [0.15, 0.2) is 24.3 Å². The van der Waals surface area contributed by atoms with E-state index in [4.69, 9.17) is 5.73 Å². The molecule has 0 spiro atoms. The van der Waals surface area contributed by atoms with Crippen LogP contribution in [-0.2, 0) is 9.53 Å². The van der Waals surface area contributed by atoms with E-state index >= 15 is 0 Å². The molecule has 0 saturated heterocycles. The van der Waals surface area contributed by atoms with Crippen molar-refractivity contribution in [1.82, 2.24) is 5.32 Å². The zero-order chi connectivity index (χ0) is 15.7. The van der Waals surface area contributed by atoms with Gasteiger partial charge >= 0.3 is 5.97 Å². The van der Waals surface area contributed by atoms with Gasteiger partial charge in [0.1, 0.15) is 0 Å². The first-order chi connectivity index (χ1) is 10.0. The smallest absolute Gasteiger partial charge is 0.306 e. The van der Waals surface area contributed by atoms with Gasteiger partial charge in [-0.2, -0.15) is 11.8 Å². The number of hydrogen-bond acceptors (Lipinski definition) is 5. The lowest BCUT2D eigenvalue weighted by molar-refractivity contribution is -0.140. The summed E-state index contributed by atoms with van der Waals surface area (Å²) in [6.45, 7) is 0.502. The van der Waals surface area contributed by atoms with E-state index in [2.05, 4.69) is 10.1 Å². The van der Waals surface area contributed by atoms with Crippen LogP contribution in [0.2, 0.25) is 0 Å². The zero-order valence-corrected chi connectivity index (χ0v) is 12.6. The standard InChI is InChI=1S/C14H18N2O4S/c1-20-12(17)6-8-21-9-7-16-14(19)11-4-2-10(3-5-11)13(15)18/h2-5H,6-9H2,1H3,(H2,15,18)(H,16,19). The number of carbonyl (C=O) groups excluding carboxylic acids is 3. The molecule has 1 rings (SSSR count). The van der Waals surface area contributed by atoms with E-state index in [0.717, 1.165) is 0 Å². The second kappa shape index (κ2) is 9.02. The largest absolute Gasteiger partial charge is 0.469 e. The lowest BCUT2D eigenvalue weighted by Gasteiger charge is -2.05. The minimum absolute atomic E-state index is 0.209. The van der Waals surface area contributed by atoms with Crippen molar-refractivity contribution in [2.75, 3.05) is 25.2 Å². The van der Waals surface area contributed by atoms with Crippen LogP contribution >= 0.6 is 11.8 Å². The van der Waals surface area contributed by atoms with Gasteiger partial charge in [-0.25, -0.2) is 0 Å². The van der Waals surface area contributed by atoms with Crippen molar-refractivity contribution in [1.29, 1.82) is 0 Å². The molecule has 3 N–H and O–H groups in total. The van der Waals surface area contributed by atoms with Crippen LogP contribution in [0, 0.1) is 0 Å². The van der Waals surface area contributed by atoms with Crippen LogP contribution in [0.25, 0.3) is 0 Å². The maximum atomic E-state index is 11.8. The average Bonchev–Trinajstić information content (AvgIpc) is 2.50. The summed E-state index contributed by atoms with van der Waals surface area (Å²) >= 11 is 1.56. The molecule has 0 unspecified atom stereocenters. The number of amides is 2. The monoisotopic (exact) mass is 310 g/mol. The topological polar surface area (TPSA) is 98.5 Å². The third-order valence-corrected chi connectivity index (χ3v) is 3.63. The number of carbonyl (C=O) groups is 3. The molecule has 6 nitrogen and oxygen atoms in total. The number of nitrogens with one attached hydrogen (secondary N) is 1. The highest BCUT2D eigenvalue weighted by atomic mass is 32.2. The van der Waals surface area contributed by atoms with E-state index in [1.807, 2.05) is 0 Å². The number of thioether (sulfide) groups is 1. The van der Waals surface area contributed by atoms with E-state index in [0.29, 0.717) is 35.6 Å². The Morgan fingerprint density at radius 1 is 1.14 bits per heavy atom. The van der Waals surface area contributed by atoms with Crippen molar-refractivity contribution in [2.24, 2.45) is 5.73 Å². The van der Waals surface area contributed by atoms with E-state index < -0.39 is 5.91 Å². The van der Waals surface area contributed by atoms with Crippen LogP contribution in [-0.4, -0.2) is 42.9 Å². The van der Waals surface area contributed by atoms with Gasteiger partial charge in [-0.1, -0.05) is 0 Å². The second-order valence-corrected chi connectivity index (χ2v) is 5.36. The SMILES string of the molecule is COC(=O)CCSCCNC(=O)c1ccc(C(N)=O)cc1. The predicted octanol–water partition coefficient (Wildman–Crippen LogP) is 0.812. The summed E-state index contributed by atoms with van der Waals surface area (Å²) in [5.41, 5.74) is 5.96. The summed E-state index contributed by atoms with van der Waals surface area (Å²) in [5.74, 6) is 0.405. The quantitative estimate of drug-likeness (QED) is 0.547. The minimum Gasteiger partial charge on any atom is -0.469 e. The second-order valence-electron chi connectivity index (χ2n) is 4.14. The van der Waals surface area contributed by atoms with E-state index in [1.165, 1.54) is 19.2 Å². The number of hydrogen-bond donors (Lipinski definition) is 2. The molecule has 0 radical (unpaired) electrons. The molecule has 0 aliphatic rings. The molecule has 21 heavy (non-hydrogen) atoms. The number of esters is 1. The normalized spacial score (nSPS) is 9.95. The molecule has 114 valence electrons. The van der Waals surface area contributed by atoms with Crippen molar-refractivity contribution in [2.45, 2.75) is 6.42 Å². The number of rotatable bonds is 8. The fraction of sp³-hybridized carbons (Fsp3) is 0.357. The fourth-order valence-electron chi connectivity index (χ4n) is 1.48. The number of nitrogens with two attached hydrogens (primary N) is 1. The predicted molar refractivity (Wildman–Crippen MR) is 81.3 cm³/mol. The van der Waals surface area contributed by atoms with Crippen LogP contribution in [0.1, 0.15) is 27.1 Å². The summed E-state index contributed by atoms with van der Waals surface area (Å²) in [6, 6.07) is 6.14. The summed E-state index contributed by atoms with van der Waals surface area (Å²) < 4.78 is 4.52. The molecule has 0 atom stereocenters. The highest BCUT2D eigenvalue weighted by Gasteiger charge is 2.06. The van der Waals surface area contributed by atoms with Gasteiger partial charge < -0.3 is 15.8 Å². The van der Waals surface area contributed by atoms with Gasteiger partial charge in [0, 0.05) is 29.2 Å². The molecule has 1 aromatic carbocycles. The molecular formula is C14H18N2O4S. The Kier molecular flexibility index (Phi) is 7.31. The molecule has 0 aliphatic carbocycles. The molecule has 0 fully saturated rings. The fourth-order valence-corrected chi connectivity index (χ4v) is 2.25. The Labute approximate surface area is 127 Å². The highest BCUT2D eigenvalue weighted by Crippen LogP contribution is 2.05. The minimum atomic E-state index is -0.524. The Morgan fingerprint density at radius 2 is 1.76 bits per heavy atom. The number of benzene rings is 1. The molecule has 0 saturated carbocycles. The van der Waals surface area contributed by atoms with E-state index in [-0.39, 0.29) is 11.9 Å². The number of ether oxygens (including phenoxy) is 1. The van der Waals surface area contributed by atoms with Gasteiger partial charge in [0.25, 0.3) is 5.91 Å². The van der Waals surface area contributed by atoms with E-state index in [9.17, 15) is 14.4 Å². The first kappa shape index (κ1) is 17.0. The first-order valence-electron chi connectivity index (χ1n) is 6.37. The lowest BCUT2D eigenvalue weighted by atomic mass is 10.1.